The molecule has 0 spiro atoms. The van der Waals surface area contributed by atoms with E-state index in [1.54, 1.807) is 13.1 Å². The molecule has 8 heteroatoms. The average Bonchev–Trinajstić information content (AvgIpc) is 2.44. The second-order valence-corrected chi connectivity index (χ2v) is 6.77. The third-order valence-corrected chi connectivity index (χ3v) is 5.00. The molecule has 0 aliphatic rings. The molecule has 1 aromatic carbocycles. The lowest BCUT2D eigenvalue weighted by Crippen LogP contribution is -2.45. The molecule has 1 amide bonds. The summed E-state index contributed by atoms with van der Waals surface area (Å²) in [7, 11) is -2.21. The minimum atomic E-state index is -3.82. The minimum Gasteiger partial charge on any atom is -0.345 e. The number of carbonyl (C=O) groups excluding carboxylic acids is 1. The van der Waals surface area contributed by atoms with E-state index in [1.807, 2.05) is 6.92 Å². The largest absolute Gasteiger partial charge is 0.345 e. The van der Waals surface area contributed by atoms with Crippen molar-refractivity contribution < 1.29 is 13.2 Å². The SMILES string of the molecule is CCN(C)C(=O)C(C)NS(=O)(=O)c1ccc(CN)c(Cl)c1. The standard InChI is InChI=1S/C13H20ClN3O3S/c1-4-17(3)13(18)9(2)16-21(19,20)11-6-5-10(8-15)12(14)7-11/h5-7,9,16H,4,8,15H2,1-3H3. The molecule has 1 aromatic rings. The van der Waals surface area contributed by atoms with Crippen molar-refractivity contribution in [1.29, 1.82) is 0 Å². The first-order chi connectivity index (χ1) is 9.72. The zero-order valence-electron chi connectivity index (χ0n) is 12.3. The monoisotopic (exact) mass is 333 g/mol. The van der Waals surface area contributed by atoms with E-state index in [4.69, 9.17) is 17.3 Å². The molecule has 0 saturated carbocycles. The van der Waals surface area contributed by atoms with Crippen LogP contribution >= 0.6 is 11.6 Å². The van der Waals surface area contributed by atoms with E-state index in [1.165, 1.54) is 24.0 Å². The molecule has 6 nitrogen and oxygen atoms in total. The van der Waals surface area contributed by atoms with E-state index < -0.39 is 16.1 Å². The van der Waals surface area contributed by atoms with Crippen LogP contribution in [0, 0.1) is 0 Å². The maximum absolute atomic E-state index is 12.2. The van der Waals surface area contributed by atoms with Gasteiger partial charge in [0.1, 0.15) is 0 Å². The number of carbonyl (C=O) groups is 1. The molecule has 0 aromatic heterocycles. The molecule has 1 atom stereocenters. The van der Waals surface area contributed by atoms with Crippen molar-refractivity contribution in [2.45, 2.75) is 31.3 Å². The van der Waals surface area contributed by atoms with E-state index in [9.17, 15) is 13.2 Å². The topological polar surface area (TPSA) is 92.5 Å². The minimum absolute atomic E-state index is 0.00324. The first-order valence-corrected chi connectivity index (χ1v) is 8.34. The van der Waals surface area contributed by atoms with Crippen molar-refractivity contribution in [2.24, 2.45) is 5.73 Å². The zero-order chi connectivity index (χ0) is 16.2. The Bertz CT molecular complexity index is 619. The Kier molecular flexibility index (Phi) is 6.15. The van der Waals surface area contributed by atoms with Crippen LogP contribution in [0.4, 0.5) is 0 Å². The molecule has 0 bridgehead atoms. The van der Waals surface area contributed by atoms with Crippen molar-refractivity contribution in [2.75, 3.05) is 13.6 Å². The highest BCUT2D eigenvalue weighted by Crippen LogP contribution is 2.20. The quantitative estimate of drug-likeness (QED) is 0.810. The first kappa shape index (κ1) is 17.9. The van der Waals surface area contributed by atoms with Gasteiger partial charge in [-0.15, -0.1) is 0 Å². The van der Waals surface area contributed by atoms with Crippen LogP contribution in [0.25, 0.3) is 0 Å². The van der Waals surface area contributed by atoms with Gasteiger partial charge in [0, 0.05) is 25.2 Å². The lowest BCUT2D eigenvalue weighted by atomic mass is 10.2. The van der Waals surface area contributed by atoms with Gasteiger partial charge < -0.3 is 10.6 Å². The van der Waals surface area contributed by atoms with Crippen LogP contribution in [0.1, 0.15) is 19.4 Å². The number of nitrogens with one attached hydrogen (secondary N) is 1. The number of sulfonamides is 1. The van der Waals surface area contributed by atoms with Crippen LogP contribution in [0.3, 0.4) is 0 Å². The highest BCUT2D eigenvalue weighted by Gasteiger charge is 2.24. The third-order valence-electron chi connectivity index (χ3n) is 3.11. The van der Waals surface area contributed by atoms with Crippen molar-refractivity contribution >= 4 is 27.5 Å². The Morgan fingerprint density at radius 2 is 2.10 bits per heavy atom. The molecule has 1 rings (SSSR count). The predicted molar refractivity (Wildman–Crippen MR) is 82.4 cm³/mol. The number of nitrogens with two attached hydrogens (primary N) is 1. The second kappa shape index (κ2) is 7.22. The molecule has 118 valence electrons. The Hall–Kier alpha value is -1.15. The number of halogens is 1. The fraction of sp³-hybridized carbons (Fsp3) is 0.462. The van der Waals surface area contributed by atoms with Crippen LogP contribution in [-0.4, -0.2) is 38.9 Å². The number of amides is 1. The van der Waals surface area contributed by atoms with Crippen molar-refractivity contribution in [1.82, 2.24) is 9.62 Å². The fourth-order valence-corrected chi connectivity index (χ4v) is 3.24. The number of rotatable bonds is 6. The Labute approximate surface area is 130 Å². The highest BCUT2D eigenvalue weighted by molar-refractivity contribution is 7.89. The van der Waals surface area contributed by atoms with Crippen LogP contribution in [0.5, 0.6) is 0 Å². The van der Waals surface area contributed by atoms with Gasteiger partial charge in [0.2, 0.25) is 15.9 Å². The van der Waals surface area contributed by atoms with Gasteiger partial charge in [0.25, 0.3) is 0 Å². The molecule has 0 aliphatic heterocycles. The molecule has 1 unspecified atom stereocenters. The number of likely N-dealkylation sites (N-methyl/N-ethyl adjacent to an activating group) is 1. The number of nitrogens with zero attached hydrogens (tertiary/aromatic N) is 1. The Morgan fingerprint density at radius 1 is 1.48 bits per heavy atom. The van der Waals surface area contributed by atoms with E-state index in [2.05, 4.69) is 4.72 Å². The molecule has 0 heterocycles. The molecule has 21 heavy (non-hydrogen) atoms. The smallest absolute Gasteiger partial charge is 0.241 e. The summed E-state index contributed by atoms with van der Waals surface area (Å²) in [5.74, 6) is -0.300. The number of benzene rings is 1. The maximum Gasteiger partial charge on any atom is 0.241 e. The average molecular weight is 334 g/mol. The summed E-state index contributed by atoms with van der Waals surface area (Å²) >= 11 is 5.96. The highest BCUT2D eigenvalue weighted by atomic mass is 35.5. The van der Waals surface area contributed by atoms with Gasteiger partial charge in [-0.2, -0.15) is 4.72 Å². The van der Waals surface area contributed by atoms with Crippen molar-refractivity contribution in [3.05, 3.63) is 28.8 Å². The zero-order valence-corrected chi connectivity index (χ0v) is 13.8. The van der Waals surface area contributed by atoms with E-state index >= 15 is 0 Å². The van der Waals surface area contributed by atoms with Crippen LogP contribution in [0.15, 0.2) is 23.1 Å². The Balaban J connectivity index is 2.96. The van der Waals surface area contributed by atoms with Crippen LogP contribution in [-0.2, 0) is 21.4 Å². The summed E-state index contributed by atoms with van der Waals surface area (Å²) in [6.45, 7) is 4.04. The summed E-state index contributed by atoms with van der Waals surface area (Å²) in [6.07, 6.45) is 0. The predicted octanol–water partition coefficient (Wildman–Crippen LogP) is 0.944. The first-order valence-electron chi connectivity index (χ1n) is 6.48. The summed E-state index contributed by atoms with van der Waals surface area (Å²) in [5.41, 5.74) is 6.14. The van der Waals surface area contributed by atoms with E-state index in [0.29, 0.717) is 12.1 Å². The molecule has 3 N–H and O–H groups in total. The molecule has 0 fully saturated rings. The van der Waals surface area contributed by atoms with Gasteiger partial charge in [0.15, 0.2) is 0 Å². The normalized spacial score (nSPS) is 13.0. The van der Waals surface area contributed by atoms with Gasteiger partial charge in [-0.1, -0.05) is 17.7 Å². The van der Waals surface area contributed by atoms with E-state index in [-0.39, 0.29) is 22.4 Å². The van der Waals surface area contributed by atoms with Gasteiger partial charge in [-0.05, 0) is 31.5 Å². The lowest BCUT2D eigenvalue weighted by Gasteiger charge is -2.20. The van der Waals surface area contributed by atoms with Gasteiger partial charge >= 0.3 is 0 Å². The molecular formula is C13H20ClN3O3S. The van der Waals surface area contributed by atoms with Gasteiger partial charge in [-0.3, -0.25) is 4.79 Å². The Morgan fingerprint density at radius 3 is 2.57 bits per heavy atom. The molecule has 0 aliphatic carbocycles. The molecule has 0 saturated heterocycles. The number of hydrogen-bond donors (Lipinski definition) is 2. The van der Waals surface area contributed by atoms with Crippen LogP contribution in [0.2, 0.25) is 5.02 Å². The van der Waals surface area contributed by atoms with Gasteiger partial charge in [-0.25, -0.2) is 8.42 Å². The van der Waals surface area contributed by atoms with Gasteiger partial charge in [0.05, 0.1) is 10.9 Å². The fourth-order valence-electron chi connectivity index (χ4n) is 1.70. The lowest BCUT2D eigenvalue weighted by molar-refractivity contribution is -0.131. The van der Waals surface area contributed by atoms with Crippen molar-refractivity contribution in [3.8, 4) is 0 Å². The summed E-state index contributed by atoms with van der Waals surface area (Å²) in [6, 6.07) is 3.44. The van der Waals surface area contributed by atoms with E-state index in [0.717, 1.165) is 0 Å². The third kappa shape index (κ3) is 4.41. The molecule has 0 radical (unpaired) electrons. The van der Waals surface area contributed by atoms with Crippen LogP contribution < -0.4 is 10.5 Å². The van der Waals surface area contributed by atoms with Crippen molar-refractivity contribution in [3.63, 3.8) is 0 Å². The number of hydrogen-bond acceptors (Lipinski definition) is 4. The maximum atomic E-state index is 12.2. The summed E-state index contributed by atoms with van der Waals surface area (Å²) < 4.78 is 26.8. The molecular weight excluding hydrogens is 314 g/mol. The summed E-state index contributed by atoms with van der Waals surface area (Å²) in [5, 5.41) is 0.282. The summed E-state index contributed by atoms with van der Waals surface area (Å²) in [4.78, 5) is 13.4. The second-order valence-electron chi connectivity index (χ2n) is 4.65.